The molecule has 1 saturated heterocycles. The molecule has 2 aliphatic heterocycles. The van der Waals surface area contributed by atoms with Crippen molar-refractivity contribution in [3.05, 3.63) is 34.9 Å². The predicted molar refractivity (Wildman–Crippen MR) is 81.6 cm³/mol. The molecule has 0 radical (unpaired) electrons. The largest absolute Gasteiger partial charge is 0.481 e. The van der Waals surface area contributed by atoms with Crippen molar-refractivity contribution < 1.29 is 14.6 Å². The fraction of sp³-hybridized carbons (Fsp3) is 0.471. The SMILES string of the molecule is Cc1ccc2c(c1C)OC1(C=C2)CCN(C(C)C(=O)O)C1. The number of carboxylic acid groups (broad SMARTS) is 1. The molecule has 0 amide bonds. The summed E-state index contributed by atoms with van der Waals surface area (Å²) in [6, 6.07) is 3.71. The molecule has 1 N–H and O–H groups in total. The lowest BCUT2D eigenvalue weighted by Crippen LogP contribution is -2.43. The van der Waals surface area contributed by atoms with Crippen LogP contribution in [0.1, 0.15) is 30.0 Å². The average Bonchev–Trinajstić information content (AvgIpc) is 2.86. The van der Waals surface area contributed by atoms with E-state index in [-0.39, 0.29) is 5.60 Å². The van der Waals surface area contributed by atoms with Crippen molar-refractivity contribution in [3.8, 4) is 5.75 Å². The van der Waals surface area contributed by atoms with Gasteiger partial charge in [-0.1, -0.05) is 18.2 Å². The Kier molecular flexibility index (Phi) is 3.29. The molecule has 1 aromatic rings. The van der Waals surface area contributed by atoms with Gasteiger partial charge >= 0.3 is 5.97 Å². The third-order valence-corrected chi connectivity index (χ3v) is 4.78. The first kappa shape index (κ1) is 14.1. The fourth-order valence-electron chi connectivity index (χ4n) is 3.10. The highest BCUT2D eigenvalue weighted by atomic mass is 16.5. The smallest absolute Gasteiger partial charge is 0.320 e. The Balaban J connectivity index is 1.87. The molecule has 2 aliphatic rings. The summed E-state index contributed by atoms with van der Waals surface area (Å²) in [7, 11) is 0. The minimum absolute atomic E-state index is 0.380. The standard InChI is InChI=1S/C17H21NO3/c1-11-4-5-14-6-7-17(21-15(14)12(11)2)8-9-18(10-17)13(3)16(19)20/h4-7,13H,8-10H2,1-3H3,(H,19,20). The van der Waals surface area contributed by atoms with E-state index in [2.05, 4.69) is 38.1 Å². The summed E-state index contributed by atoms with van der Waals surface area (Å²) in [5.41, 5.74) is 3.11. The molecule has 2 atom stereocenters. The first-order chi connectivity index (χ1) is 9.92. The van der Waals surface area contributed by atoms with Crippen LogP contribution in [0.2, 0.25) is 0 Å². The van der Waals surface area contributed by atoms with Gasteiger partial charge in [-0.15, -0.1) is 0 Å². The van der Waals surface area contributed by atoms with Crippen LogP contribution in [0.4, 0.5) is 0 Å². The lowest BCUT2D eigenvalue weighted by atomic mass is 9.95. The topological polar surface area (TPSA) is 49.8 Å². The second kappa shape index (κ2) is 4.88. The first-order valence-electron chi connectivity index (χ1n) is 7.37. The molecule has 0 aromatic heterocycles. The van der Waals surface area contributed by atoms with Crippen molar-refractivity contribution >= 4 is 12.0 Å². The van der Waals surface area contributed by atoms with Gasteiger partial charge in [-0.25, -0.2) is 0 Å². The quantitative estimate of drug-likeness (QED) is 0.908. The maximum atomic E-state index is 11.2. The van der Waals surface area contributed by atoms with E-state index in [0.29, 0.717) is 6.54 Å². The van der Waals surface area contributed by atoms with Crippen molar-refractivity contribution in [1.29, 1.82) is 0 Å². The number of fused-ring (bicyclic) bond motifs is 1. The Hall–Kier alpha value is -1.81. The zero-order valence-electron chi connectivity index (χ0n) is 12.7. The number of hydrogen-bond donors (Lipinski definition) is 1. The van der Waals surface area contributed by atoms with Gasteiger partial charge in [0, 0.05) is 25.1 Å². The minimum Gasteiger partial charge on any atom is -0.481 e. The summed E-state index contributed by atoms with van der Waals surface area (Å²) >= 11 is 0. The van der Waals surface area contributed by atoms with Crippen LogP contribution in [0.5, 0.6) is 5.75 Å². The van der Waals surface area contributed by atoms with Gasteiger partial charge in [-0.2, -0.15) is 0 Å². The molecular weight excluding hydrogens is 266 g/mol. The molecule has 1 spiro atoms. The first-order valence-corrected chi connectivity index (χ1v) is 7.37. The van der Waals surface area contributed by atoms with E-state index in [1.807, 2.05) is 4.90 Å². The maximum Gasteiger partial charge on any atom is 0.320 e. The van der Waals surface area contributed by atoms with Gasteiger partial charge in [0.2, 0.25) is 0 Å². The van der Waals surface area contributed by atoms with Crippen LogP contribution in [0.3, 0.4) is 0 Å². The van der Waals surface area contributed by atoms with E-state index >= 15 is 0 Å². The van der Waals surface area contributed by atoms with Crippen LogP contribution < -0.4 is 4.74 Å². The number of ether oxygens (including phenoxy) is 1. The van der Waals surface area contributed by atoms with E-state index in [4.69, 9.17) is 9.84 Å². The van der Waals surface area contributed by atoms with Gasteiger partial charge in [0.15, 0.2) is 0 Å². The van der Waals surface area contributed by atoms with Gasteiger partial charge < -0.3 is 9.84 Å². The number of carbonyl (C=O) groups is 1. The Bertz CT molecular complexity index is 623. The van der Waals surface area contributed by atoms with Crippen LogP contribution in [0, 0.1) is 13.8 Å². The van der Waals surface area contributed by atoms with Gasteiger partial charge in [-0.3, -0.25) is 9.69 Å². The molecule has 3 rings (SSSR count). The highest BCUT2D eigenvalue weighted by molar-refractivity contribution is 5.73. The Morgan fingerprint density at radius 3 is 2.90 bits per heavy atom. The van der Waals surface area contributed by atoms with Crippen molar-refractivity contribution in [2.45, 2.75) is 38.8 Å². The second-order valence-electron chi connectivity index (χ2n) is 6.16. The summed E-state index contributed by atoms with van der Waals surface area (Å²) in [4.78, 5) is 13.1. The van der Waals surface area contributed by atoms with E-state index in [0.717, 1.165) is 24.3 Å². The summed E-state index contributed by atoms with van der Waals surface area (Å²) < 4.78 is 6.33. The number of nitrogens with zero attached hydrogens (tertiary/aromatic N) is 1. The minimum atomic E-state index is -0.778. The number of rotatable bonds is 2. The molecule has 2 unspecified atom stereocenters. The summed E-state index contributed by atoms with van der Waals surface area (Å²) in [6.07, 6.45) is 5.03. The number of likely N-dealkylation sites (tertiary alicyclic amines) is 1. The molecule has 2 heterocycles. The third kappa shape index (κ3) is 2.33. The number of benzene rings is 1. The monoisotopic (exact) mass is 287 g/mol. The molecule has 1 aromatic carbocycles. The van der Waals surface area contributed by atoms with Crippen LogP contribution >= 0.6 is 0 Å². The Morgan fingerprint density at radius 1 is 1.43 bits per heavy atom. The molecular formula is C17H21NO3. The zero-order chi connectivity index (χ0) is 15.2. The Morgan fingerprint density at radius 2 is 2.19 bits per heavy atom. The summed E-state index contributed by atoms with van der Waals surface area (Å²) in [6.45, 7) is 7.27. The molecule has 0 aliphatic carbocycles. The third-order valence-electron chi connectivity index (χ3n) is 4.78. The van der Waals surface area contributed by atoms with Crippen LogP contribution in [0.15, 0.2) is 18.2 Å². The number of aliphatic carboxylic acids is 1. The maximum absolute atomic E-state index is 11.2. The van der Waals surface area contributed by atoms with Gasteiger partial charge in [0.25, 0.3) is 0 Å². The second-order valence-corrected chi connectivity index (χ2v) is 6.16. The van der Waals surface area contributed by atoms with Crippen molar-refractivity contribution in [1.82, 2.24) is 4.90 Å². The highest BCUT2D eigenvalue weighted by Gasteiger charge is 2.43. The Labute approximate surface area is 125 Å². The number of hydrogen-bond acceptors (Lipinski definition) is 3. The van der Waals surface area contributed by atoms with Gasteiger partial charge in [-0.05, 0) is 38.0 Å². The highest BCUT2D eigenvalue weighted by Crippen LogP contribution is 2.39. The van der Waals surface area contributed by atoms with E-state index in [1.54, 1.807) is 6.92 Å². The molecule has 0 saturated carbocycles. The molecule has 0 bridgehead atoms. The molecule has 4 nitrogen and oxygen atoms in total. The summed E-state index contributed by atoms with van der Waals surface area (Å²) in [5.74, 6) is 0.168. The van der Waals surface area contributed by atoms with Crippen molar-refractivity contribution in [2.24, 2.45) is 0 Å². The van der Waals surface area contributed by atoms with E-state index in [9.17, 15) is 4.79 Å². The predicted octanol–water partition coefficient (Wildman–Crippen LogP) is 2.63. The molecule has 21 heavy (non-hydrogen) atoms. The molecule has 4 heteroatoms. The van der Waals surface area contributed by atoms with E-state index < -0.39 is 12.0 Å². The normalized spacial score (nSPS) is 25.7. The van der Waals surface area contributed by atoms with Crippen molar-refractivity contribution in [3.63, 3.8) is 0 Å². The molecule has 112 valence electrons. The van der Waals surface area contributed by atoms with Crippen molar-refractivity contribution in [2.75, 3.05) is 13.1 Å². The van der Waals surface area contributed by atoms with E-state index in [1.165, 1.54) is 11.1 Å². The van der Waals surface area contributed by atoms with Crippen LogP contribution in [-0.4, -0.2) is 40.7 Å². The lowest BCUT2D eigenvalue weighted by Gasteiger charge is -2.33. The average molecular weight is 287 g/mol. The van der Waals surface area contributed by atoms with Gasteiger partial charge in [0.1, 0.15) is 17.4 Å². The van der Waals surface area contributed by atoms with Crippen LogP contribution in [-0.2, 0) is 4.79 Å². The van der Waals surface area contributed by atoms with Gasteiger partial charge in [0.05, 0.1) is 0 Å². The zero-order valence-corrected chi connectivity index (χ0v) is 12.7. The lowest BCUT2D eigenvalue weighted by molar-refractivity contribution is -0.142. The number of aryl methyl sites for hydroxylation is 1. The van der Waals surface area contributed by atoms with Crippen LogP contribution in [0.25, 0.3) is 6.08 Å². The summed E-state index contributed by atoms with van der Waals surface area (Å²) in [5, 5.41) is 9.17. The fourth-order valence-corrected chi connectivity index (χ4v) is 3.10. The number of carboxylic acids is 1. The molecule has 1 fully saturated rings.